The molecule has 1 saturated heterocycles. The zero-order chi connectivity index (χ0) is 21.2. The summed E-state index contributed by atoms with van der Waals surface area (Å²) in [4.78, 5) is 1.78. The minimum Gasteiger partial charge on any atom is -0.316 e. The molecular formula is C21H22F6N2. The van der Waals surface area contributed by atoms with E-state index in [-0.39, 0.29) is 30.0 Å². The predicted octanol–water partition coefficient (Wildman–Crippen LogP) is 5.16. The zero-order valence-corrected chi connectivity index (χ0v) is 15.8. The standard InChI is InChI=1S/C21H22F6N2/c1-29(13-16-10-28-11-19(16)15-5-3-2-4-6-15)12-14-7-17(20(22,23)24)9-18(8-14)21(25,26)27/h2-9,16,19,28H,10-13H2,1H3. The normalized spacial score (nSPS) is 20.4. The van der Waals surface area contributed by atoms with Crippen molar-refractivity contribution in [2.75, 3.05) is 26.7 Å². The zero-order valence-electron chi connectivity index (χ0n) is 15.8. The van der Waals surface area contributed by atoms with Gasteiger partial charge in [-0.2, -0.15) is 26.3 Å². The molecule has 0 radical (unpaired) electrons. The number of nitrogens with one attached hydrogen (secondary N) is 1. The molecule has 1 aliphatic heterocycles. The highest BCUT2D eigenvalue weighted by molar-refractivity contribution is 5.33. The van der Waals surface area contributed by atoms with Gasteiger partial charge in [-0.25, -0.2) is 0 Å². The summed E-state index contributed by atoms with van der Waals surface area (Å²) in [5.41, 5.74) is -1.38. The molecule has 0 aliphatic carbocycles. The number of hydrogen-bond acceptors (Lipinski definition) is 2. The Labute approximate surface area is 165 Å². The van der Waals surface area contributed by atoms with E-state index in [1.54, 1.807) is 11.9 Å². The summed E-state index contributed by atoms with van der Waals surface area (Å²) in [6.07, 6.45) is -9.66. The summed E-state index contributed by atoms with van der Waals surface area (Å²) in [7, 11) is 1.72. The fourth-order valence-corrected chi connectivity index (χ4v) is 3.90. The van der Waals surface area contributed by atoms with Crippen molar-refractivity contribution in [3.63, 3.8) is 0 Å². The third-order valence-electron chi connectivity index (χ3n) is 5.21. The van der Waals surface area contributed by atoms with Crippen LogP contribution >= 0.6 is 0 Å². The molecule has 29 heavy (non-hydrogen) atoms. The van der Waals surface area contributed by atoms with E-state index in [4.69, 9.17) is 0 Å². The van der Waals surface area contributed by atoms with Gasteiger partial charge >= 0.3 is 12.4 Å². The Morgan fingerprint density at radius 1 is 0.897 bits per heavy atom. The van der Waals surface area contributed by atoms with Crippen molar-refractivity contribution < 1.29 is 26.3 Å². The second-order valence-electron chi connectivity index (χ2n) is 7.55. The third-order valence-corrected chi connectivity index (χ3v) is 5.21. The van der Waals surface area contributed by atoms with Crippen LogP contribution in [0.3, 0.4) is 0 Å². The lowest BCUT2D eigenvalue weighted by atomic mass is 9.88. The second kappa shape index (κ2) is 8.36. The van der Waals surface area contributed by atoms with Gasteiger partial charge in [0.15, 0.2) is 0 Å². The van der Waals surface area contributed by atoms with Gasteiger partial charge in [0.1, 0.15) is 0 Å². The van der Waals surface area contributed by atoms with Gasteiger partial charge in [-0.05, 0) is 48.8 Å². The van der Waals surface area contributed by atoms with Crippen molar-refractivity contribution in [2.24, 2.45) is 5.92 Å². The van der Waals surface area contributed by atoms with Gasteiger partial charge < -0.3 is 10.2 Å². The van der Waals surface area contributed by atoms with Crippen molar-refractivity contribution in [3.8, 4) is 0 Å². The van der Waals surface area contributed by atoms with E-state index >= 15 is 0 Å². The number of rotatable bonds is 5. The Morgan fingerprint density at radius 2 is 1.48 bits per heavy atom. The minimum atomic E-state index is -4.83. The summed E-state index contributed by atoms with van der Waals surface area (Å²) in [5, 5.41) is 3.32. The largest absolute Gasteiger partial charge is 0.416 e. The first-order chi connectivity index (χ1) is 13.5. The summed E-state index contributed by atoms with van der Waals surface area (Å²) < 4.78 is 78.3. The first-order valence-corrected chi connectivity index (χ1v) is 9.26. The van der Waals surface area contributed by atoms with Crippen molar-refractivity contribution in [1.29, 1.82) is 0 Å². The highest BCUT2D eigenvalue weighted by Crippen LogP contribution is 2.36. The topological polar surface area (TPSA) is 15.3 Å². The minimum absolute atomic E-state index is 0.00290. The first-order valence-electron chi connectivity index (χ1n) is 9.26. The average molecular weight is 416 g/mol. The number of alkyl halides is 6. The Morgan fingerprint density at radius 3 is 2.03 bits per heavy atom. The molecule has 8 heteroatoms. The Hall–Kier alpha value is -2.06. The van der Waals surface area contributed by atoms with Crippen LogP contribution in [0.2, 0.25) is 0 Å². The van der Waals surface area contributed by atoms with Crippen LogP contribution in [0.5, 0.6) is 0 Å². The van der Waals surface area contributed by atoms with Crippen LogP contribution in [-0.4, -0.2) is 31.6 Å². The third kappa shape index (κ3) is 5.51. The maximum absolute atomic E-state index is 13.1. The summed E-state index contributed by atoms with van der Waals surface area (Å²) in [6, 6.07) is 11.7. The van der Waals surface area contributed by atoms with Gasteiger partial charge in [-0.15, -0.1) is 0 Å². The van der Waals surface area contributed by atoms with Crippen molar-refractivity contribution in [3.05, 3.63) is 70.8 Å². The molecule has 2 atom stereocenters. The predicted molar refractivity (Wildman–Crippen MR) is 98.3 cm³/mol. The fourth-order valence-electron chi connectivity index (χ4n) is 3.90. The van der Waals surface area contributed by atoms with Crippen molar-refractivity contribution >= 4 is 0 Å². The molecule has 1 N–H and O–H groups in total. The van der Waals surface area contributed by atoms with Crippen LogP contribution in [-0.2, 0) is 18.9 Å². The number of benzene rings is 2. The molecule has 0 saturated carbocycles. The average Bonchev–Trinajstić information content (AvgIpc) is 3.08. The maximum Gasteiger partial charge on any atom is 0.416 e. The van der Waals surface area contributed by atoms with Crippen LogP contribution in [0.15, 0.2) is 48.5 Å². The van der Waals surface area contributed by atoms with Gasteiger partial charge in [-0.1, -0.05) is 30.3 Å². The highest BCUT2D eigenvalue weighted by Gasteiger charge is 2.37. The van der Waals surface area contributed by atoms with E-state index in [0.29, 0.717) is 6.54 Å². The van der Waals surface area contributed by atoms with Gasteiger partial charge in [0.05, 0.1) is 11.1 Å². The molecule has 2 nitrogen and oxygen atoms in total. The molecule has 0 bridgehead atoms. The van der Waals surface area contributed by atoms with Crippen LogP contribution in [0.4, 0.5) is 26.3 Å². The van der Waals surface area contributed by atoms with Crippen LogP contribution in [0.1, 0.15) is 28.2 Å². The van der Waals surface area contributed by atoms with Gasteiger partial charge in [0.2, 0.25) is 0 Å². The number of hydrogen-bond donors (Lipinski definition) is 1. The van der Waals surface area contributed by atoms with Crippen LogP contribution in [0.25, 0.3) is 0 Å². The molecule has 158 valence electrons. The lowest BCUT2D eigenvalue weighted by molar-refractivity contribution is -0.143. The van der Waals surface area contributed by atoms with Gasteiger partial charge in [0.25, 0.3) is 0 Å². The van der Waals surface area contributed by atoms with E-state index in [9.17, 15) is 26.3 Å². The molecule has 0 aromatic heterocycles. The van der Waals surface area contributed by atoms with Crippen molar-refractivity contribution in [2.45, 2.75) is 24.8 Å². The number of nitrogens with zero attached hydrogens (tertiary/aromatic N) is 1. The highest BCUT2D eigenvalue weighted by atomic mass is 19.4. The van der Waals surface area contributed by atoms with E-state index in [1.807, 2.05) is 30.3 Å². The quantitative estimate of drug-likeness (QED) is 0.678. The molecule has 2 unspecified atom stereocenters. The molecule has 1 fully saturated rings. The first kappa shape index (κ1) is 21.6. The molecule has 1 aliphatic rings. The Kier molecular flexibility index (Phi) is 6.24. The summed E-state index contributed by atoms with van der Waals surface area (Å²) in [6.45, 7) is 2.11. The SMILES string of the molecule is CN(Cc1cc(C(F)(F)F)cc(C(F)(F)F)c1)CC1CNCC1c1ccccc1. The van der Waals surface area contributed by atoms with E-state index < -0.39 is 23.5 Å². The number of halogens is 6. The van der Waals surface area contributed by atoms with Gasteiger partial charge in [0, 0.05) is 25.6 Å². The smallest absolute Gasteiger partial charge is 0.316 e. The molecule has 3 rings (SSSR count). The fraction of sp³-hybridized carbons (Fsp3) is 0.429. The lowest BCUT2D eigenvalue weighted by Crippen LogP contribution is -2.29. The molecular weight excluding hydrogens is 394 g/mol. The summed E-state index contributed by atoms with van der Waals surface area (Å²) in [5.74, 6) is 0.473. The van der Waals surface area contributed by atoms with Crippen LogP contribution < -0.4 is 5.32 Å². The molecule has 2 aromatic rings. The van der Waals surface area contributed by atoms with E-state index in [1.165, 1.54) is 5.56 Å². The molecule has 1 heterocycles. The van der Waals surface area contributed by atoms with Crippen LogP contribution in [0, 0.1) is 5.92 Å². The van der Waals surface area contributed by atoms with E-state index in [2.05, 4.69) is 5.32 Å². The van der Waals surface area contributed by atoms with Crippen molar-refractivity contribution in [1.82, 2.24) is 10.2 Å². The summed E-state index contributed by atoms with van der Waals surface area (Å²) >= 11 is 0. The molecule has 0 amide bonds. The van der Waals surface area contributed by atoms with E-state index in [0.717, 1.165) is 25.2 Å². The molecule has 2 aromatic carbocycles. The Bertz CT molecular complexity index is 784. The molecule has 0 spiro atoms. The maximum atomic E-state index is 13.1. The second-order valence-corrected chi connectivity index (χ2v) is 7.55. The monoisotopic (exact) mass is 416 g/mol. The lowest BCUT2D eigenvalue weighted by Gasteiger charge is -2.26. The van der Waals surface area contributed by atoms with Gasteiger partial charge in [-0.3, -0.25) is 0 Å². The Balaban J connectivity index is 1.75.